The second-order valence-electron chi connectivity index (χ2n) is 4.40. The van der Waals surface area contributed by atoms with Crippen molar-refractivity contribution in [3.63, 3.8) is 0 Å². The molecule has 0 aromatic carbocycles. The van der Waals surface area contributed by atoms with Crippen molar-refractivity contribution in [3.05, 3.63) is 0 Å². The van der Waals surface area contributed by atoms with Gasteiger partial charge in [0, 0.05) is 6.54 Å². The van der Waals surface area contributed by atoms with Gasteiger partial charge in [0.25, 0.3) is 0 Å². The average Bonchev–Trinajstić information content (AvgIpc) is 2.82. The summed E-state index contributed by atoms with van der Waals surface area (Å²) in [6, 6.07) is -0.271. The Morgan fingerprint density at radius 1 is 1.40 bits per heavy atom. The number of hydrogen-bond acceptors (Lipinski definition) is 4. The van der Waals surface area contributed by atoms with Gasteiger partial charge < -0.3 is 9.47 Å². The molecule has 1 aliphatic heterocycles. The van der Waals surface area contributed by atoms with E-state index in [-0.39, 0.29) is 12.0 Å². The third kappa shape index (κ3) is 2.49. The van der Waals surface area contributed by atoms with E-state index < -0.39 is 0 Å². The second-order valence-corrected chi connectivity index (χ2v) is 4.40. The lowest BCUT2D eigenvalue weighted by atomic mass is 9.99. The Labute approximate surface area is 90.3 Å². The Morgan fingerprint density at radius 2 is 2.13 bits per heavy atom. The summed E-state index contributed by atoms with van der Waals surface area (Å²) in [5.41, 5.74) is 0. The first-order valence-electron chi connectivity index (χ1n) is 5.74. The SMILES string of the molecule is COC(=O)C1COC(C2CCCC2)CN1. The van der Waals surface area contributed by atoms with E-state index in [9.17, 15) is 4.79 Å². The number of hydrogen-bond donors (Lipinski definition) is 1. The zero-order chi connectivity index (χ0) is 10.7. The molecular weight excluding hydrogens is 194 g/mol. The van der Waals surface area contributed by atoms with E-state index in [1.54, 1.807) is 0 Å². The van der Waals surface area contributed by atoms with Crippen molar-refractivity contribution >= 4 is 5.97 Å². The van der Waals surface area contributed by atoms with Crippen molar-refractivity contribution in [2.75, 3.05) is 20.3 Å². The molecule has 2 atom stereocenters. The summed E-state index contributed by atoms with van der Waals surface area (Å²) in [7, 11) is 1.41. The van der Waals surface area contributed by atoms with Crippen LogP contribution in [-0.4, -0.2) is 38.4 Å². The van der Waals surface area contributed by atoms with E-state index in [4.69, 9.17) is 4.74 Å². The van der Waals surface area contributed by atoms with E-state index >= 15 is 0 Å². The summed E-state index contributed by atoms with van der Waals surface area (Å²) >= 11 is 0. The predicted octanol–water partition coefficient (Wildman–Crippen LogP) is 0.707. The van der Waals surface area contributed by atoms with Crippen molar-refractivity contribution in [1.29, 1.82) is 0 Å². The van der Waals surface area contributed by atoms with E-state index in [1.165, 1.54) is 32.8 Å². The van der Waals surface area contributed by atoms with Gasteiger partial charge in [-0.2, -0.15) is 0 Å². The molecule has 0 radical (unpaired) electrons. The Morgan fingerprint density at radius 3 is 2.67 bits per heavy atom. The van der Waals surface area contributed by atoms with Crippen LogP contribution in [0.5, 0.6) is 0 Å². The van der Waals surface area contributed by atoms with Gasteiger partial charge in [0.15, 0.2) is 0 Å². The maximum absolute atomic E-state index is 11.2. The fourth-order valence-corrected chi connectivity index (χ4v) is 2.52. The van der Waals surface area contributed by atoms with Gasteiger partial charge in [0.05, 0.1) is 19.8 Å². The number of carbonyl (C=O) groups excluding carboxylic acids is 1. The van der Waals surface area contributed by atoms with Gasteiger partial charge in [0.2, 0.25) is 0 Å². The normalized spacial score (nSPS) is 32.9. The van der Waals surface area contributed by atoms with Gasteiger partial charge in [-0.05, 0) is 18.8 Å². The van der Waals surface area contributed by atoms with Crippen LogP contribution < -0.4 is 5.32 Å². The standard InChI is InChI=1S/C11H19NO3/c1-14-11(13)9-7-15-10(6-12-9)8-4-2-3-5-8/h8-10,12H,2-7H2,1H3. The summed E-state index contributed by atoms with van der Waals surface area (Å²) < 4.78 is 10.4. The van der Waals surface area contributed by atoms with E-state index in [0.29, 0.717) is 18.6 Å². The first-order chi connectivity index (χ1) is 7.31. The van der Waals surface area contributed by atoms with E-state index in [1.807, 2.05) is 0 Å². The van der Waals surface area contributed by atoms with Crippen LogP contribution in [0.25, 0.3) is 0 Å². The minimum absolute atomic E-state index is 0.222. The smallest absolute Gasteiger partial charge is 0.325 e. The van der Waals surface area contributed by atoms with E-state index in [0.717, 1.165) is 6.54 Å². The first-order valence-corrected chi connectivity index (χ1v) is 5.74. The molecule has 2 rings (SSSR count). The van der Waals surface area contributed by atoms with Crippen molar-refractivity contribution in [3.8, 4) is 0 Å². The van der Waals surface area contributed by atoms with Crippen LogP contribution in [-0.2, 0) is 14.3 Å². The summed E-state index contributed by atoms with van der Waals surface area (Å²) in [5.74, 6) is 0.468. The summed E-state index contributed by atoms with van der Waals surface area (Å²) in [6.07, 6.45) is 5.49. The quantitative estimate of drug-likeness (QED) is 0.686. The molecule has 1 heterocycles. The molecule has 0 spiro atoms. The lowest BCUT2D eigenvalue weighted by molar-refractivity contribution is -0.148. The highest BCUT2D eigenvalue weighted by Crippen LogP contribution is 2.30. The van der Waals surface area contributed by atoms with Crippen molar-refractivity contribution in [2.24, 2.45) is 5.92 Å². The van der Waals surface area contributed by atoms with Crippen molar-refractivity contribution in [2.45, 2.75) is 37.8 Å². The predicted molar refractivity (Wildman–Crippen MR) is 55.5 cm³/mol. The van der Waals surface area contributed by atoms with Gasteiger partial charge in [-0.1, -0.05) is 12.8 Å². The molecule has 0 aromatic rings. The third-order valence-electron chi connectivity index (χ3n) is 3.45. The summed E-state index contributed by atoms with van der Waals surface area (Å²) in [6.45, 7) is 1.23. The fraction of sp³-hybridized carbons (Fsp3) is 0.909. The highest BCUT2D eigenvalue weighted by Gasteiger charge is 2.32. The highest BCUT2D eigenvalue weighted by atomic mass is 16.5. The molecule has 1 N–H and O–H groups in total. The van der Waals surface area contributed by atoms with Crippen LogP contribution in [0.15, 0.2) is 0 Å². The number of carbonyl (C=O) groups is 1. The van der Waals surface area contributed by atoms with Gasteiger partial charge in [-0.3, -0.25) is 10.1 Å². The molecule has 1 saturated heterocycles. The molecule has 0 aromatic heterocycles. The van der Waals surface area contributed by atoms with Crippen LogP contribution in [0.2, 0.25) is 0 Å². The first kappa shape index (κ1) is 10.9. The molecule has 0 amide bonds. The van der Waals surface area contributed by atoms with Gasteiger partial charge in [-0.25, -0.2) is 0 Å². The van der Waals surface area contributed by atoms with Crippen LogP contribution in [0.1, 0.15) is 25.7 Å². The van der Waals surface area contributed by atoms with Crippen LogP contribution in [0, 0.1) is 5.92 Å². The monoisotopic (exact) mass is 213 g/mol. The largest absolute Gasteiger partial charge is 0.468 e. The molecule has 2 aliphatic rings. The molecule has 1 saturated carbocycles. The zero-order valence-corrected chi connectivity index (χ0v) is 9.20. The molecular formula is C11H19NO3. The third-order valence-corrected chi connectivity index (χ3v) is 3.45. The molecule has 1 aliphatic carbocycles. The Kier molecular flexibility index (Phi) is 3.59. The molecule has 15 heavy (non-hydrogen) atoms. The number of ether oxygens (including phenoxy) is 2. The zero-order valence-electron chi connectivity index (χ0n) is 9.20. The van der Waals surface area contributed by atoms with Gasteiger partial charge in [-0.15, -0.1) is 0 Å². The summed E-state index contributed by atoms with van der Waals surface area (Å²) in [5, 5.41) is 3.20. The second kappa shape index (κ2) is 4.94. The lowest BCUT2D eigenvalue weighted by Crippen LogP contribution is -2.52. The van der Waals surface area contributed by atoms with Crippen LogP contribution in [0.3, 0.4) is 0 Å². The average molecular weight is 213 g/mol. The van der Waals surface area contributed by atoms with E-state index in [2.05, 4.69) is 10.1 Å². The molecule has 2 unspecified atom stereocenters. The number of nitrogens with one attached hydrogen (secondary N) is 1. The van der Waals surface area contributed by atoms with Crippen molar-refractivity contribution < 1.29 is 14.3 Å². The van der Waals surface area contributed by atoms with Crippen LogP contribution >= 0.6 is 0 Å². The minimum atomic E-state index is -0.271. The van der Waals surface area contributed by atoms with Crippen LogP contribution in [0.4, 0.5) is 0 Å². The Bertz CT molecular complexity index is 218. The van der Waals surface area contributed by atoms with Crippen molar-refractivity contribution in [1.82, 2.24) is 5.32 Å². The fourth-order valence-electron chi connectivity index (χ4n) is 2.52. The lowest BCUT2D eigenvalue weighted by Gasteiger charge is -2.32. The molecule has 2 fully saturated rings. The molecule has 4 nitrogen and oxygen atoms in total. The van der Waals surface area contributed by atoms with Gasteiger partial charge in [0.1, 0.15) is 6.04 Å². The maximum Gasteiger partial charge on any atom is 0.325 e. The topological polar surface area (TPSA) is 47.6 Å². The maximum atomic E-state index is 11.2. The van der Waals surface area contributed by atoms with Gasteiger partial charge >= 0.3 is 5.97 Å². The number of methoxy groups -OCH3 is 1. The number of morpholine rings is 1. The number of esters is 1. The molecule has 4 heteroatoms. The molecule has 0 bridgehead atoms. The number of rotatable bonds is 2. The summed E-state index contributed by atoms with van der Waals surface area (Å²) in [4.78, 5) is 11.2. The Hall–Kier alpha value is -0.610. The minimum Gasteiger partial charge on any atom is -0.468 e. The Balaban J connectivity index is 1.78. The molecule has 86 valence electrons. The highest BCUT2D eigenvalue weighted by molar-refractivity contribution is 5.75.